The van der Waals surface area contributed by atoms with Crippen LogP contribution in [-0.4, -0.2) is 29.7 Å². The fourth-order valence-electron chi connectivity index (χ4n) is 2.67. The highest BCUT2D eigenvalue weighted by Gasteiger charge is 2.16. The van der Waals surface area contributed by atoms with Gasteiger partial charge in [0, 0.05) is 11.1 Å². The zero-order chi connectivity index (χ0) is 19.2. The van der Waals surface area contributed by atoms with Crippen LogP contribution in [0.2, 0.25) is 0 Å². The van der Waals surface area contributed by atoms with Crippen molar-refractivity contribution in [2.24, 2.45) is 0 Å². The van der Waals surface area contributed by atoms with Crippen LogP contribution in [0.1, 0.15) is 21.6 Å². The molecule has 0 unspecified atom stereocenters. The molecule has 2 aromatic carbocycles. The number of imidazole rings is 1. The van der Waals surface area contributed by atoms with Crippen LogP contribution in [0.15, 0.2) is 54.9 Å². The number of ether oxygens (including phenoxy) is 2. The number of nitrogens with one attached hydrogen (secondary N) is 1. The Labute approximate surface area is 156 Å². The van der Waals surface area contributed by atoms with Crippen LogP contribution in [0, 0.1) is 11.3 Å². The topological polar surface area (TPSA) is 89.2 Å². The highest BCUT2D eigenvalue weighted by atomic mass is 16.5. The van der Waals surface area contributed by atoms with Crippen molar-refractivity contribution >= 4 is 11.7 Å². The summed E-state index contributed by atoms with van der Waals surface area (Å²) in [5.74, 6) is 1.13. The van der Waals surface area contributed by atoms with Crippen molar-refractivity contribution in [3.63, 3.8) is 0 Å². The van der Waals surface area contributed by atoms with Crippen LogP contribution < -0.4 is 14.8 Å². The first-order chi connectivity index (χ1) is 13.2. The van der Waals surface area contributed by atoms with Crippen molar-refractivity contribution < 1.29 is 14.3 Å². The van der Waals surface area contributed by atoms with Gasteiger partial charge in [-0.15, -0.1) is 0 Å². The number of aromatic nitrogens is 2. The van der Waals surface area contributed by atoms with E-state index in [4.69, 9.17) is 9.47 Å². The van der Waals surface area contributed by atoms with Crippen LogP contribution in [0.3, 0.4) is 0 Å². The molecule has 0 saturated heterocycles. The fraction of sp³-hybridized carbons (Fsp3) is 0.150. The molecular formula is C20H18N4O3. The van der Waals surface area contributed by atoms with Gasteiger partial charge in [-0.3, -0.25) is 4.79 Å². The van der Waals surface area contributed by atoms with E-state index in [0.717, 1.165) is 11.3 Å². The van der Waals surface area contributed by atoms with Gasteiger partial charge in [0.05, 0.1) is 27.1 Å². The number of hydrogen-bond acceptors (Lipinski definition) is 5. The summed E-state index contributed by atoms with van der Waals surface area (Å²) < 4.78 is 12.1. The third kappa shape index (κ3) is 3.90. The van der Waals surface area contributed by atoms with Crippen LogP contribution in [0.25, 0.3) is 0 Å². The molecule has 1 N–H and O–H groups in total. The number of carbonyl (C=O) groups excluding carboxylic acids is 1. The van der Waals surface area contributed by atoms with Crippen LogP contribution in [0.5, 0.6) is 11.5 Å². The molecule has 1 aromatic heterocycles. The van der Waals surface area contributed by atoms with Crippen molar-refractivity contribution in [3.8, 4) is 17.6 Å². The number of para-hydroxylation sites is 1. The third-order valence-corrected chi connectivity index (χ3v) is 4.04. The Morgan fingerprint density at radius 2 is 2.00 bits per heavy atom. The molecule has 0 aliphatic heterocycles. The zero-order valence-electron chi connectivity index (χ0n) is 15.0. The molecule has 136 valence electrons. The molecule has 0 fully saturated rings. The minimum Gasteiger partial charge on any atom is -0.497 e. The summed E-state index contributed by atoms with van der Waals surface area (Å²) in [5.41, 5.74) is 1.58. The van der Waals surface area contributed by atoms with Gasteiger partial charge < -0.3 is 19.4 Å². The maximum absolute atomic E-state index is 12.5. The summed E-state index contributed by atoms with van der Waals surface area (Å²) >= 11 is 0. The fourth-order valence-corrected chi connectivity index (χ4v) is 2.67. The van der Waals surface area contributed by atoms with E-state index in [0.29, 0.717) is 17.9 Å². The summed E-state index contributed by atoms with van der Waals surface area (Å²) in [6.45, 7) is 0.398. The molecule has 0 aliphatic carbocycles. The Bertz CT molecular complexity index is 1000. The van der Waals surface area contributed by atoms with E-state index in [9.17, 15) is 10.1 Å². The molecule has 0 radical (unpaired) electrons. The predicted molar refractivity (Wildman–Crippen MR) is 100.0 cm³/mol. The molecule has 7 nitrogen and oxygen atoms in total. The van der Waals surface area contributed by atoms with Crippen LogP contribution >= 0.6 is 0 Å². The number of nitriles is 1. The van der Waals surface area contributed by atoms with E-state index in [1.165, 1.54) is 13.4 Å². The van der Waals surface area contributed by atoms with Gasteiger partial charge in [0.1, 0.15) is 17.6 Å². The number of methoxy groups -OCH3 is 2. The lowest BCUT2D eigenvalue weighted by molar-refractivity contribution is 0.102. The molecule has 3 aromatic rings. The van der Waals surface area contributed by atoms with Crippen molar-refractivity contribution in [2.45, 2.75) is 6.54 Å². The molecule has 7 heteroatoms. The van der Waals surface area contributed by atoms with E-state index < -0.39 is 0 Å². The Balaban J connectivity index is 1.83. The quantitative estimate of drug-likeness (QED) is 0.728. The lowest BCUT2D eigenvalue weighted by Crippen LogP contribution is -2.13. The molecule has 3 rings (SSSR count). The van der Waals surface area contributed by atoms with Gasteiger partial charge in [-0.05, 0) is 24.3 Å². The van der Waals surface area contributed by atoms with Crippen LogP contribution in [0.4, 0.5) is 5.82 Å². The molecule has 0 atom stereocenters. The van der Waals surface area contributed by atoms with Gasteiger partial charge in [-0.25, -0.2) is 4.98 Å². The van der Waals surface area contributed by atoms with Crippen molar-refractivity contribution in [1.82, 2.24) is 9.55 Å². The van der Waals surface area contributed by atoms with E-state index in [1.807, 2.05) is 24.3 Å². The third-order valence-electron chi connectivity index (χ3n) is 4.04. The highest BCUT2D eigenvalue weighted by Crippen LogP contribution is 2.22. The minimum atomic E-state index is -0.368. The number of benzene rings is 2. The first kappa shape index (κ1) is 18.0. The number of rotatable bonds is 6. The number of carbonyl (C=O) groups is 1. The monoisotopic (exact) mass is 362 g/mol. The molecule has 27 heavy (non-hydrogen) atoms. The van der Waals surface area contributed by atoms with Gasteiger partial charge >= 0.3 is 0 Å². The molecule has 1 heterocycles. The highest BCUT2D eigenvalue weighted by molar-refractivity contribution is 6.04. The maximum Gasteiger partial charge on any atom is 0.257 e. The second kappa shape index (κ2) is 8.06. The Kier molecular flexibility index (Phi) is 5.38. The van der Waals surface area contributed by atoms with E-state index >= 15 is 0 Å². The van der Waals surface area contributed by atoms with E-state index in [1.54, 1.807) is 35.9 Å². The molecule has 0 saturated carbocycles. The molecule has 0 spiro atoms. The molecular weight excluding hydrogens is 344 g/mol. The van der Waals surface area contributed by atoms with Gasteiger partial charge in [-0.1, -0.05) is 24.3 Å². The Hall–Kier alpha value is -3.79. The van der Waals surface area contributed by atoms with Crippen molar-refractivity contribution in [2.75, 3.05) is 19.5 Å². The van der Waals surface area contributed by atoms with Crippen LogP contribution in [-0.2, 0) is 6.54 Å². The van der Waals surface area contributed by atoms with Gasteiger partial charge in [-0.2, -0.15) is 5.26 Å². The number of nitrogens with zero attached hydrogens (tertiary/aromatic N) is 3. The second-order valence-electron chi connectivity index (χ2n) is 5.68. The smallest absolute Gasteiger partial charge is 0.257 e. The second-order valence-corrected chi connectivity index (χ2v) is 5.68. The first-order valence-electron chi connectivity index (χ1n) is 8.18. The molecule has 1 amide bonds. The predicted octanol–water partition coefficient (Wildman–Crippen LogP) is 3.07. The standard InChI is InChI=1S/C20H18N4O3/c1-26-16-8-5-7-14(10-16)20(25)23-19-17(11-21)24(13-22-19)12-15-6-3-4-9-18(15)27-2/h3-10,13H,12H2,1-2H3,(H,23,25). The lowest BCUT2D eigenvalue weighted by Gasteiger charge is -2.09. The van der Waals surface area contributed by atoms with Gasteiger partial charge in [0.15, 0.2) is 11.5 Å². The average Bonchev–Trinajstić information content (AvgIpc) is 3.09. The first-order valence-corrected chi connectivity index (χ1v) is 8.18. The Morgan fingerprint density at radius 3 is 2.74 bits per heavy atom. The van der Waals surface area contributed by atoms with Crippen molar-refractivity contribution in [3.05, 3.63) is 71.7 Å². The molecule has 0 aliphatic rings. The SMILES string of the molecule is COc1cccc(C(=O)Nc2ncn(Cc3ccccc3OC)c2C#N)c1. The lowest BCUT2D eigenvalue weighted by atomic mass is 10.2. The Morgan fingerprint density at radius 1 is 1.19 bits per heavy atom. The molecule has 0 bridgehead atoms. The van der Waals surface area contributed by atoms with E-state index in [2.05, 4.69) is 16.4 Å². The van der Waals surface area contributed by atoms with Gasteiger partial charge in [0.2, 0.25) is 0 Å². The average molecular weight is 362 g/mol. The normalized spacial score (nSPS) is 10.1. The number of amides is 1. The summed E-state index contributed by atoms with van der Waals surface area (Å²) in [4.78, 5) is 16.7. The minimum absolute atomic E-state index is 0.209. The summed E-state index contributed by atoms with van der Waals surface area (Å²) in [6.07, 6.45) is 1.52. The number of anilines is 1. The van der Waals surface area contributed by atoms with E-state index in [-0.39, 0.29) is 17.4 Å². The van der Waals surface area contributed by atoms with Gasteiger partial charge in [0.25, 0.3) is 5.91 Å². The van der Waals surface area contributed by atoms with Crippen molar-refractivity contribution in [1.29, 1.82) is 5.26 Å². The summed E-state index contributed by atoms with van der Waals surface area (Å²) in [6, 6.07) is 16.4. The maximum atomic E-state index is 12.5. The largest absolute Gasteiger partial charge is 0.497 e. The summed E-state index contributed by atoms with van der Waals surface area (Å²) in [5, 5.41) is 12.2. The zero-order valence-corrected chi connectivity index (χ0v) is 15.0. The summed E-state index contributed by atoms with van der Waals surface area (Å²) in [7, 11) is 3.13. The number of hydrogen-bond donors (Lipinski definition) is 1.